The van der Waals surface area contributed by atoms with Crippen LogP contribution in [0.15, 0.2) is 53.0 Å². The Morgan fingerprint density at radius 2 is 1.90 bits per heavy atom. The van der Waals surface area contributed by atoms with E-state index in [0.29, 0.717) is 12.5 Å². The van der Waals surface area contributed by atoms with Gasteiger partial charge in [0.1, 0.15) is 0 Å². The first-order chi connectivity index (χ1) is 9.58. The minimum Gasteiger partial charge on any atom is -0.351 e. The summed E-state index contributed by atoms with van der Waals surface area (Å²) in [6, 6.07) is 16.0. The second-order valence-corrected chi connectivity index (χ2v) is 5.90. The van der Waals surface area contributed by atoms with E-state index in [0.717, 1.165) is 15.6 Å². The Morgan fingerprint density at radius 3 is 2.60 bits per heavy atom. The third-order valence-corrected chi connectivity index (χ3v) is 3.87. The molecule has 0 bridgehead atoms. The standard InChI is InChI=1S/C17H18BrNO/c1-12-8-9-15(18)10-16(12)17(20)19-11-13(2)14-6-4-3-5-7-14/h3-10,13H,11H2,1-2H3,(H,19,20). The van der Waals surface area contributed by atoms with Gasteiger partial charge in [-0.15, -0.1) is 0 Å². The monoisotopic (exact) mass is 331 g/mol. The lowest BCUT2D eigenvalue weighted by Gasteiger charge is -2.14. The van der Waals surface area contributed by atoms with Gasteiger partial charge in [-0.25, -0.2) is 0 Å². The number of amides is 1. The lowest BCUT2D eigenvalue weighted by molar-refractivity contribution is 0.0951. The lowest BCUT2D eigenvalue weighted by atomic mass is 10.0. The molecule has 20 heavy (non-hydrogen) atoms. The fourth-order valence-corrected chi connectivity index (χ4v) is 2.44. The molecule has 0 aliphatic carbocycles. The van der Waals surface area contributed by atoms with Gasteiger partial charge >= 0.3 is 0 Å². The minimum atomic E-state index is -0.0217. The summed E-state index contributed by atoms with van der Waals surface area (Å²) < 4.78 is 0.921. The number of halogens is 1. The fourth-order valence-electron chi connectivity index (χ4n) is 2.08. The van der Waals surface area contributed by atoms with Crippen LogP contribution in [0.1, 0.15) is 34.3 Å². The first-order valence-electron chi connectivity index (χ1n) is 6.67. The number of aryl methyl sites for hydroxylation is 1. The molecule has 2 aromatic carbocycles. The largest absolute Gasteiger partial charge is 0.351 e. The number of nitrogens with one attached hydrogen (secondary N) is 1. The smallest absolute Gasteiger partial charge is 0.251 e. The van der Waals surface area contributed by atoms with Gasteiger partial charge in [0.25, 0.3) is 5.91 Å². The van der Waals surface area contributed by atoms with Gasteiger partial charge in [-0.1, -0.05) is 59.3 Å². The van der Waals surface area contributed by atoms with Crippen molar-refractivity contribution in [2.75, 3.05) is 6.54 Å². The van der Waals surface area contributed by atoms with Crippen molar-refractivity contribution >= 4 is 21.8 Å². The number of hydrogen-bond donors (Lipinski definition) is 1. The minimum absolute atomic E-state index is 0.0217. The quantitative estimate of drug-likeness (QED) is 0.889. The number of carbonyl (C=O) groups excluding carboxylic acids is 1. The topological polar surface area (TPSA) is 29.1 Å². The molecule has 1 atom stereocenters. The van der Waals surface area contributed by atoms with Crippen molar-refractivity contribution in [1.29, 1.82) is 0 Å². The molecule has 1 unspecified atom stereocenters. The highest BCUT2D eigenvalue weighted by molar-refractivity contribution is 9.10. The zero-order valence-electron chi connectivity index (χ0n) is 11.7. The van der Waals surface area contributed by atoms with Crippen molar-refractivity contribution in [1.82, 2.24) is 5.32 Å². The summed E-state index contributed by atoms with van der Waals surface area (Å²) in [5, 5.41) is 3.01. The normalized spacial score (nSPS) is 11.9. The van der Waals surface area contributed by atoms with E-state index >= 15 is 0 Å². The van der Waals surface area contributed by atoms with E-state index in [4.69, 9.17) is 0 Å². The predicted octanol–water partition coefficient (Wildman–Crippen LogP) is 4.29. The molecule has 0 aliphatic heterocycles. The van der Waals surface area contributed by atoms with Gasteiger partial charge in [-0.05, 0) is 36.1 Å². The molecular weight excluding hydrogens is 314 g/mol. The Balaban J connectivity index is 2.00. The van der Waals surface area contributed by atoms with E-state index < -0.39 is 0 Å². The molecule has 1 N–H and O–H groups in total. The summed E-state index contributed by atoms with van der Waals surface area (Å²) in [5.41, 5.74) is 2.94. The maximum Gasteiger partial charge on any atom is 0.251 e. The van der Waals surface area contributed by atoms with E-state index in [1.165, 1.54) is 5.56 Å². The molecule has 2 nitrogen and oxygen atoms in total. The number of carbonyl (C=O) groups is 1. The van der Waals surface area contributed by atoms with Crippen molar-refractivity contribution in [3.05, 3.63) is 69.7 Å². The summed E-state index contributed by atoms with van der Waals surface area (Å²) in [5.74, 6) is 0.277. The Morgan fingerprint density at radius 1 is 1.20 bits per heavy atom. The van der Waals surface area contributed by atoms with Crippen molar-refractivity contribution in [2.24, 2.45) is 0 Å². The van der Waals surface area contributed by atoms with Gasteiger partial charge in [0.15, 0.2) is 0 Å². The van der Waals surface area contributed by atoms with Crippen LogP contribution in [0.25, 0.3) is 0 Å². The van der Waals surface area contributed by atoms with Crippen LogP contribution in [0.5, 0.6) is 0 Å². The van der Waals surface area contributed by atoms with Gasteiger partial charge < -0.3 is 5.32 Å². The van der Waals surface area contributed by atoms with Crippen molar-refractivity contribution < 1.29 is 4.79 Å². The first kappa shape index (κ1) is 14.8. The molecule has 0 saturated heterocycles. The average Bonchev–Trinajstić information content (AvgIpc) is 2.47. The zero-order valence-corrected chi connectivity index (χ0v) is 13.3. The summed E-state index contributed by atoms with van der Waals surface area (Å²) in [7, 11) is 0. The van der Waals surface area contributed by atoms with Crippen LogP contribution in [0.4, 0.5) is 0 Å². The molecule has 104 valence electrons. The van der Waals surface area contributed by atoms with Crippen LogP contribution >= 0.6 is 15.9 Å². The van der Waals surface area contributed by atoms with E-state index in [1.54, 1.807) is 0 Å². The summed E-state index contributed by atoms with van der Waals surface area (Å²) in [4.78, 5) is 12.2. The second kappa shape index (κ2) is 6.71. The number of benzene rings is 2. The van der Waals surface area contributed by atoms with Crippen molar-refractivity contribution in [2.45, 2.75) is 19.8 Å². The van der Waals surface area contributed by atoms with E-state index in [1.807, 2.05) is 43.3 Å². The van der Waals surface area contributed by atoms with E-state index in [9.17, 15) is 4.79 Å². The lowest BCUT2D eigenvalue weighted by Crippen LogP contribution is -2.28. The molecule has 0 spiro atoms. The number of rotatable bonds is 4. The average molecular weight is 332 g/mol. The Kier molecular flexibility index (Phi) is 4.96. The molecule has 0 saturated carbocycles. The predicted molar refractivity (Wildman–Crippen MR) is 86.1 cm³/mol. The van der Waals surface area contributed by atoms with Crippen molar-refractivity contribution in [3.63, 3.8) is 0 Å². The van der Waals surface area contributed by atoms with Crippen molar-refractivity contribution in [3.8, 4) is 0 Å². The molecule has 2 aromatic rings. The molecule has 0 radical (unpaired) electrons. The summed E-state index contributed by atoms with van der Waals surface area (Å²) in [6.07, 6.45) is 0. The third-order valence-electron chi connectivity index (χ3n) is 3.38. The van der Waals surface area contributed by atoms with Gasteiger partial charge in [-0.2, -0.15) is 0 Å². The zero-order chi connectivity index (χ0) is 14.5. The SMILES string of the molecule is Cc1ccc(Br)cc1C(=O)NCC(C)c1ccccc1. The number of hydrogen-bond acceptors (Lipinski definition) is 1. The molecular formula is C17H18BrNO. The Hall–Kier alpha value is -1.61. The van der Waals surface area contributed by atoms with E-state index in [-0.39, 0.29) is 5.91 Å². The summed E-state index contributed by atoms with van der Waals surface area (Å²) in [6.45, 7) is 4.69. The highest BCUT2D eigenvalue weighted by Gasteiger charge is 2.11. The summed E-state index contributed by atoms with van der Waals surface area (Å²) >= 11 is 3.40. The van der Waals surface area contributed by atoms with E-state index in [2.05, 4.69) is 40.3 Å². The maximum atomic E-state index is 12.2. The molecule has 3 heteroatoms. The Bertz CT molecular complexity index is 595. The van der Waals surface area contributed by atoms with Crippen LogP contribution in [0.2, 0.25) is 0 Å². The molecule has 1 amide bonds. The van der Waals surface area contributed by atoms with Crippen LogP contribution in [0.3, 0.4) is 0 Å². The van der Waals surface area contributed by atoms with Gasteiger partial charge in [0.05, 0.1) is 0 Å². The molecule has 0 heterocycles. The third kappa shape index (κ3) is 3.70. The molecule has 0 aliphatic rings. The fraction of sp³-hybridized carbons (Fsp3) is 0.235. The second-order valence-electron chi connectivity index (χ2n) is 4.98. The van der Waals surface area contributed by atoms with Crippen LogP contribution in [0, 0.1) is 6.92 Å². The van der Waals surface area contributed by atoms with Gasteiger partial charge in [0, 0.05) is 16.6 Å². The molecule has 2 rings (SSSR count). The van der Waals surface area contributed by atoms with Gasteiger partial charge in [0.2, 0.25) is 0 Å². The molecule has 0 fully saturated rings. The van der Waals surface area contributed by atoms with Crippen LogP contribution < -0.4 is 5.32 Å². The maximum absolute atomic E-state index is 12.2. The highest BCUT2D eigenvalue weighted by atomic mass is 79.9. The first-order valence-corrected chi connectivity index (χ1v) is 7.46. The Labute approximate surface area is 128 Å². The molecule has 0 aromatic heterocycles. The highest BCUT2D eigenvalue weighted by Crippen LogP contribution is 2.17. The van der Waals surface area contributed by atoms with Crippen LogP contribution in [-0.2, 0) is 0 Å². The van der Waals surface area contributed by atoms with Crippen LogP contribution in [-0.4, -0.2) is 12.5 Å². The van der Waals surface area contributed by atoms with Gasteiger partial charge in [-0.3, -0.25) is 4.79 Å².